The molecule has 1 aromatic heterocycles. The largest absolute Gasteiger partial charge is 0.380 e. The number of aromatic nitrogens is 1. The van der Waals surface area contributed by atoms with Crippen molar-refractivity contribution < 1.29 is 9.53 Å². The first kappa shape index (κ1) is 13.9. The minimum Gasteiger partial charge on any atom is -0.380 e. The van der Waals surface area contributed by atoms with E-state index in [4.69, 9.17) is 10.5 Å². The lowest BCUT2D eigenvalue weighted by molar-refractivity contribution is -0.123. The molecule has 0 saturated heterocycles. The third-order valence-electron chi connectivity index (χ3n) is 2.78. The van der Waals surface area contributed by atoms with Gasteiger partial charge in [0.15, 0.2) is 0 Å². The highest BCUT2D eigenvalue weighted by molar-refractivity contribution is 7.18. The molecule has 0 saturated carbocycles. The van der Waals surface area contributed by atoms with Crippen molar-refractivity contribution in [2.45, 2.75) is 19.1 Å². The number of methoxy groups -OCH3 is 1. The number of nitrogens with two attached hydrogens (primary N) is 1. The van der Waals surface area contributed by atoms with Gasteiger partial charge in [-0.2, -0.15) is 0 Å². The number of para-hydroxylation sites is 1. The average molecular weight is 279 g/mol. The van der Waals surface area contributed by atoms with Crippen molar-refractivity contribution in [3.63, 3.8) is 0 Å². The van der Waals surface area contributed by atoms with Crippen molar-refractivity contribution >= 4 is 27.5 Å². The van der Waals surface area contributed by atoms with E-state index in [1.807, 2.05) is 24.3 Å². The first-order valence-corrected chi connectivity index (χ1v) is 6.88. The van der Waals surface area contributed by atoms with Crippen LogP contribution in [0.15, 0.2) is 24.3 Å². The standard InChI is InChI=1S/C13H17N3O2S/c1-18-9(7-14)6-12(17)15-8-13-16-10-4-2-3-5-11(10)19-13/h2-5,9H,6-8,14H2,1H3,(H,15,17). The number of rotatable bonds is 6. The lowest BCUT2D eigenvalue weighted by atomic mass is 10.2. The van der Waals surface area contributed by atoms with Gasteiger partial charge in [0, 0.05) is 13.7 Å². The molecule has 19 heavy (non-hydrogen) atoms. The molecule has 0 aliphatic rings. The zero-order valence-corrected chi connectivity index (χ0v) is 11.6. The second kappa shape index (κ2) is 6.60. The number of amides is 1. The maximum atomic E-state index is 11.7. The predicted octanol–water partition coefficient (Wildman–Crippen LogP) is 1.28. The highest BCUT2D eigenvalue weighted by Gasteiger charge is 2.11. The third kappa shape index (κ3) is 3.73. The minimum atomic E-state index is -0.227. The fourth-order valence-corrected chi connectivity index (χ4v) is 2.62. The Balaban J connectivity index is 1.89. The van der Waals surface area contributed by atoms with E-state index in [0.717, 1.165) is 15.2 Å². The fourth-order valence-electron chi connectivity index (χ4n) is 1.71. The second-order valence-electron chi connectivity index (χ2n) is 4.15. The van der Waals surface area contributed by atoms with Gasteiger partial charge in [-0.25, -0.2) is 4.98 Å². The normalized spacial score (nSPS) is 12.5. The summed E-state index contributed by atoms with van der Waals surface area (Å²) in [6.45, 7) is 0.782. The van der Waals surface area contributed by atoms with Gasteiger partial charge in [0.05, 0.1) is 29.3 Å². The predicted molar refractivity (Wildman–Crippen MR) is 75.9 cm³/mol. The van der Waals surface area contributed by atoms with Crippen LogP contribution in [0.2, 0.25) is 0 Å². The number of nitrogens with zero attached hydrogens (tertiary/aromatic N) is 1. The number of hydrogen-bond donors (Lipinski definition) is 2. The molecule has 3 N–H and O–H groups in total. The fraction of sp³-hybridized carbons (Fsp3) is 0.385. The summed E-state index contributed by atoms with van der Waals surface area (Å²) in [5.41, 5.74) is 6.44. The highest BCUT2D eigenvalue weighted by atomic mass is 32.1. The summed E-state index contributed by atoms with van der Waals surface area (Å²) in [7, 11) is 1.55. The Labute approximate surface area is 115 Å². The number of thiazole rings is 1. The number of nitrogens with one attached hydrogen (secondary N) is 1. The molecule has 0 spiro atoms. The van der Waals surface area contributed by atoms with Crippen LogP contribution in [0.25, 0.3) is 10.2 Å². The van der Waals surface area contributed by atoms with Crippen molar-refractivity contribution in [1.82, 2.24) is 10.3 Å². The average Bonchev–Trinajstić information content (AvgIpc) is 2.85. The van der Waals surface area contributed by atoms with E-state index in [1.54, 1.807) is 18.4 Å². The number of hydrogen-bond acceptors (Lipinski definition) is 5. The van der Waals surface area contributed by atoms with Gasteiger partial charge < -0.3 is 15.8 Å². The minimum absolute atomic E-state index is 0.0726. The summed E-state index contributed by atoms with van der Waals surface area (Å²) >= 11 is 1.59. The van der Waals surface area contributed by atoms with Crippen LogP contribution in [0.4, 0.5) is 0 Å². The SMILES string of the molecule is COC(CN)CC(=O)NCc1nc2ccccc2s1. The highest BCUT2D eigenvalue weighted by Crippen LogP contribution is 2.21. The van der Waals surface area contributed by atoms with E-state index in [9.17, 15) is 4.79 Å². The number of carbonyl (C=O) groups excluding carboxylic acids is 1. The molecule has 2 aromatic rings. The zero-order chi connectivity index (χ0) is 13.7. The topological polar surface area (TPSA) is 77.2 Å². The molecule has 1 amide bonds. The summed E-state index contributed by atoms with van der Waals surface area (Å²) in [6.07, 6.45) is 0.0492. The summed E-state index contributed by atoms with van der Waals surface area (Å²) in [4.78, 5) is 16.1. The molecule has 2 rings (SSSR count). The quantitative estimate of drug-likeness (QED) is 0.835. The van der Waals surface area contributed by atoms with Crippen LogP contribution in [0, 0.1) is 0 Å². The monoisotopic (exact) mass is 279 g/mol. The number of carbonyl (C=O) groups is 1. The maximum absolute atomic E-state index is 11.7. The summed E-state index contributed by atoms with van der Waals surface area (Å²) in [6, 6.07) is 7.92. The molecular weight excluding hydrogens is 262 g/mol. The van der Waals surface area contributed by atoms with Crippen LogP contribution in [0.1, 0.15) is 11.4 Å². The van der Waals surface area contributed by atoms with Gasteiger partial charge in [-0.3, -0.25) is 4.79 Å². The van der Waals surface area contributed by atoms with Crippen molar-refractivity contribution in [1.29, 1.82) is 0 Å². The Bertz CT molecular complexity index is 519. The molecule has 0 aliphatic heterocycles. The van der Waals surface area contributed by atoms with E-state index >= 15 is 0 Å². The van der Waals surface area contributed by atoms with Crippen LogP contribution in [-0.4, -0.2) is 30.6 Å². The molecule has 1 aromatic carbocycles. The van der Waals surface area contributed by atoms with Gasteiger partial charge in [-0.1, -0.05) is 12.1 Å². The number of benzene rings is 1. The Morgan fingerprint density at radius 2 is 2.32 bits per heavy atom. The number of ether oxygens (including phenoxy) is 1. The van der Waals surface area contributed by atoms with E-state index in [2.05, 4.69) is 10.3 Å². The van der Waals surface area contributed by atoms with Crippen molar-refractivity contribution in [3.8, 4) is 0 Å². The maximum Gasteiger partial charge on any atom is 0.223 e. The van der Waals surface area contributed by atoms with Gasteiger partial charge in [-0.05, 0) is 12.1 Å². The molecule has 0 aliphatic carbocycles. The van der Waals surface area contributed by atoms with Crippen LogP contribution in [0.3, 0.4) is 0 Å². The lowest BCUT2D eigenvalue weighted by Crippen LogP contribution is -2.31. The second-order valence-corrected chi connectivity index (χ2v) is 5.26. The third-order valence-corrected chi connectivity index (χ3v) is 3.82. The Morgan fingerprint density at radius 1 is 1.53 bits per heavy atom. The van der Waals surface area contributed by atoms with Gasteiger partial charge in [0.1, 0.15) is 5.01 Å². The molecule has 0 bridgehead atoms. The number of fused-ring (bicyclic) bond motifs is 1. The molecule has 1 heterocycles. The first-order valence-electron chi connectivity index (χ1n) is 6.07. The molecule has 0 radical (unpaired) electrons. The molecular formula is C13H17N3O2S. The summed E-state index contributed by atoms with van der Waals surface area (Å²) in [5.74, 6) is -0.0726. The molecule has 1 atom stereocenters. The zero-order valence-electron chi connectivity index (χ0n) is 10.8. The van der Waals surface area contributed by atoms with Gasteiger partial charge in [0.2, 0.25) is 5.91 Å². The van der Waals surface area contributed by atoms with E-state index in [-0.39, 0.29) is 18.4 Å². The van der Waals surface area contributed by atoms with Gasteiger partial charge >= 0.3 is 0 Å². The Kier molecular flexibility index (Phi) is 4.84. The molecule has 5 nitrogen and oxygen atoms in total. The molecule has 1 unspecified atom stereocenters. The van der Waals surface area contributed by atoms with Crippen LogP contribution in [0.5, 0.6) is 0 Å². The van der Waals surface area contributed by atoms with Crippen LogP contribution in [-0.2, 0) is 16.1 Å². The Hall–Kier alpha value is -1.50. The van der Waals surface area contributed by atoms with E-state index in [1.165, 1.54) is 0 Å². The van der Waals surface area contributed by atoms with Crippen molar-refractivity contribution in [3.05, 3.63) is 29.3 Å². The van der Waals surface area contributed by atoms with Gasteiger partial charge in [0.25, 0.3) is 0 Å². The molecule has 6 heteroatoms. The van der Waals surface area contributed by atoms with E-state index < -0.39 is 0 Å². The summed E-state index contributed by atoms with van der Waals surface area (Å²) < 4.78 is 6.20. The van der Waals surface area contributed by atoms with Crippen molar-refractivity contribution in [2.75, 3.05) is 13.7 Å². The van der Waals surface area contributed by atoms with Gasteiger partial charge in [-0.15, -0.1) is 11.3 Å². The van der Waals surface area contributed by atoms with E-state index in [0.29, 0.717) is 13.1 Å². The smallest absolute Gasteiger partial charge is 0.223 e. The molecule has 102 valence electrons. The summed E-state index contributed by atoms with van der Waals surface area (Å²) in [5, 5.41) is 3.73. The van der Waals surface area contributed by atoms with Crippen molar-refractivity contribution in [2.24, 2.45) is 5.73 Å². The lowest BCUT2D eigenvalue weighted by Gasteiger charge is -2.11. The Morgan fingerprint density at radius 3 is 3.00 bits per heavy atom. The molecule has 0 fully saturated rings. The first-order chi connectivity index (χ1) is 9.22. The van der Waals surface area contributed by atoms with Crippen LogP contribution >= 0.6 is 11.3 Å². The van der Waals surface area contributed by atoms with Crippen LogP contribution < -0.4 is 11.1 Å².